The Morgan fingerprint density at radius 2 is 1.72 bits per heavy atom. The van der Waals surface area contributed by atoms with E-state index >= 15 is 0 Å². The average Bonchev–Trinajstić information content (AvgIpc) is 2.71. The van der Waals surface area contributed by atoms with Crippen LogP contribution in [0.1, 0.15) is 10.5 Å². The van der Waals surface area contributed by atoms with E-state index in [2.05, 4.69) is 10.3 Å². The third kappa shape index (κ3) is 3.92. The number of aromatic nitrogens is 3. The van der Waals surface area contributed by atoms with Crippen LogP contribution in [-0.4, -0.2) is 44.3 Å². The summed E-state index contributed by atoms with van der Waals surface area (Å²) in [5.41, 5.74) is -0.392. The Morgan fingerprint density at radius 1 is 1.03 bits per heavy atom. The summed E-state index contributed by atoms with van der Waals surface area (Å²) in [6.45, 7) is 0. The molecule has 0 fully saturated rings. The van der Waals surface area contributed by atoms with Crippen LogP contribution in [0.15, 0.2) is 50.9 Å². The highest BCUT2D eigenvalue weighted by Gasteiger charge is 2.16. The second-order valence-electron chi connectivity index (χ2n) is 6.49. The zero-order valence-corrected chi connectivity index (χ0v) is 17.1. The second kappa shape index (κ2) is 7.92. The van der Waals surface area contributed by atoms with Crippen molar-refractivity contribution in [1.82, 2.24) is 19.0 Å². The SMILES string of the molecule is CN(C)C(=O)Sc1ccccc1NC(=O)c1ccc2c(=O)n(C)c(=O)n(C)c2n1. The van der Waals surface area contributed by atoms with Crippen LogP contribution in [0, 0.1) is 0 Å². The fourth-order valence-electron chi connectivity index (χ4n) is 2.61. The molecule has 9 nitrogen and oxygen atoms in total. The number of hydrogen-bond donors (Lipinski definition) is 1. The van der Waals surface area contributed by atoms with Gasteiger partial charge >= 0.3 is 5.69 Å². The summed E-state index contributed by atoms with van der Waals surface area (Å²) in [6.07, 6.45) is 0. The fourth-order valence-corrected chi connectivity index (χ4v) is 3.36. The lowest BCUT2D eigenvalue weighted by atomic mass is 10.2. The number of nitrogens with zero attached hydrogens (tertiary/aromatic N) is 4. The number of pyridine rings is 1. The zero-order chi connectivity index (χ0) is 21.3. The highest BCUT2D eigenvalue weighted by atomic mass is 32.2. The molecule has 2 aromatic heterocycles. The van der Waals surface area contributed by atoms with Gasteiger partial charge in [-0.15, -0.1) is 0 Å². The number of aryl methyl sites for hydroxylation is 1. The predicted octanol–water partition coefficient (Wildman–Crippen LogP) is 1.66. The maximum Gasteiger partial charge on any atom is 0.332 e. The van der Waals surface area contributed by atoms with E-state index < -0.39 is 17.2 Å². The molecule has 0 bridgehead atoms. The first-order valence-electron chi connectivity index (χ1n) is 8.57. The van der Waals surface area contributed by atoms with Gasteiger partial charge in [0.05, 0.1) is 11.1 Å². The van der Waals surface area contributed by atoms with Crippen molar-refractivity contribution < 1.29 is 9.59 Å². The number of carbonyl (C=O) groups excluding carboxylic acids is 2. The summed E-state index contributed by atoms with van der Waals surface area (Å²) in [6, 6.07) is 9.79. The maximum atomic E-state index is 12.7. The van der Waals surface area contributed by atoms with Gasteiger partial charge in [0.2, 0.25) is 0 Å². The van der Waals surface area contributed by atoms with E-state index in [1.807, 2.05) is 0 Å². The van der Waals surface area contributed by atoms with Crippen molar-refractivity contribution in [2.45, 2.75) is 4.90 Å². The quantitative estimate of drug-likeness (QED) is 0.655. The number of amides is 2. The number of carbonyl (C=O) groups is 2. The molecule has 0 radical (unpaired) electrons. The predicted molar refractivity (Wildman–Crippen MR) is 112 cm³/mol. The fraction of sp³-hybridized carbons (Fsp3) is 0.211. The number of fused-ring (bicyclic) bond motifs is 1. The highest BCUT2D eigenvalue weighted by Crippen LogP contribution is 2.28. The van der Waals surface area contributed by atoms with Crippen LogP contribution in [0.25, 0.3) is 11.0 Å². The first-order valence-corrected chi connectivity index (χ1v) is 9.38. The molecule has 0 atom stereocenters. The number of rotatable bonds is 3. The van der Waals surface area contributed by atoms with Gasteiger partial charge in [-0.05, 0) is 36.0 Å². The molecule has 0 aliphatic rings. The minimum atomic E-state index is -0.531. The van der Waals surface area contributed by atoms with Crippen molar-refractivity contribution in [3.05, 3.63) is 62.9 Å². The van der Waals surface area contributed by atoms with Gasteiger partial charge < -0.3 is 10.2 Å². The standard InChI is InChI=1S/C19H19N5O4S/c1-22(2)19(28)29-14-8-6-5-7-12(14)21-16(25)13-10-9-11-15(20-13)23(3)18(27)24(4)17(11)26/h5-10H,1-4H3,(H,21,25). The van der Waals surface area contributed by atoms with Crippen molar-refractivity contribution in [1.29, 1.82) is 0 Å². The van der Waals surface area contributed by atoms with Crippen LogP contribution in [0.2, 0.25) is 0 Å². The molecule has 0 aliphatic carbocycles. The van der Waals surface area contributed by atoms with Gasteiger partial charge in [0.25, 0.3) is 16.7 Å². The smallest absolute Gasteiger partial charge is 0.332 e. The molecule has 0 spiro atoms. The molecular weight excluding hydrogens is 394 g/mol. The van der Waals surface area contributed by atoms with Crippen molar-refractivity contribution in [2.24, 2.45) is 14.1 Å². The molecule has 0 saturated heterocycles. The second-order valence-corrected chi connectivity index (χ2v) is 7.48. The molecule has 2 amide bonds. The average molecular weight is 413 g/mol. The van der Waals surface area contributed by atoms with Crippen molar-refractivity contribution in [3.8, 4) is 0 Å². The molecule has 0 saturated carbocycles. The number of para-hydroxylation sites is 1. The molecule has 29 heavy (non-hydrogen) atoms. The number of anilines is 1. The summed E-state index contributed by atoms with van der Waals surface area (Å²) in [5.74, 6) is -0.523. The van der Waals surface area contributed by atoms with Crippen molar-refractivity contribution in [3.63, 3.8) is 0 Å². The van der Waals surface area contributed by atoms with E-state index in [4.69, 9.17) is 0 Å². The molecular formula is C19H19N5O4S. The van der Waals surface area contributed by atoms with Gasteiger partial charge in [-0.2, -0.15) is 0 Å². The third-order valence-corrected chi connectivity index (χ3v) is 5.35. The van der Waals surface area contributed by atoms with Gasteiger partial charge in [0.1, 0.15) is 11.3 Å². The summed E-state index contributed by atoms with van der Waals surface area (Å²) < 4.78 is 2.20. The van der Waals surface area contributed by atoms with E-state index in [1.165, 1.54) is 35.7 Å². The van der Waals surface area contributed by atoms with Crippen LogP contribution in [0.5, 0.6) is 0 Å². The molecule has 0 unspecified atom stereocenters. The topological polar surface area (TPSA) is 106 Å². The summed E-state index contributed by atoms with van der Waals surface area (Å²) in [7, 11) is 6.15. The van der Waals surface area contributed by atoms with E-state index in [0.717, 1.165) is 16.3 Å². The Kier molecular flexibility index (Phi) is 5.55. The molecule has 1 N–H and O–H groups in total. The van der Waals surface area contributed by atoms with Gasteiger partial charge in [-0.25, -0.2) is 9.78 Å². The van der Waals surface area contributed by atoms with Gasteiger partial charge in [-0.1, -0.05) is 12.1 Å². The Labute approximate surface area is 170 Å². The van der Waals surface area contributed by atoms with Crippen LogP contribution in [0.4, 0.5) is 10.5 Å². The molecule has 150 valence electrons. The first kappa shape index (κ1) is 20.3. The Bertz CT molecular complexity index is 1250. The lowest BCUT2D eigenvalue weighted by molar-refractivity contribution is 0.102. The largest absolute Gasteiger partial charge is 0.339 e. The van der Waals surface area contributed by atoms with E-state index in [1.54, 1.807) is 38.4 Å². The normalized spacial score (nSPS) is 10.8. The number of thioether (sulfide) groups is 1. The summed E-state index contributed by atoms with van der Waals surface area (Å²) in [5, 5.41) is 2.79. The molecule has 2 heterocycles. The molecule has 3 aromatic rings. The molecule has 3 rings (SSSR count). The molecule has 1 aromatic carbocycles. The van der Waals surface area contributed by atoms with E-state index in [-0.39, 0.29) is 22.0 Å². The van der Waals surface area contributed by atoms with Crippen LogP contribution in [0.3, 0.4) is 0 Å². The van der Waals surface area contributed by atoms with E-state index in [9.17, 15) is 19.2 Å². The monoisotopic (exact) mass is 413 g/mol. The summed E-state index contributed by atoms with van der Waals surface area (Å²) >= 11 is 0.988. The Hall–Kier alpha value is -3.40. The Balaban J connectivity index is 1.97. The third-order valence-electron chi connectivity index (χ3n) is 4.23. The zero-order valence-electron chi connectivity index (χ0n) is 16.3. The van der Waals surface area contributed by atoms with Crippen molar-refractivity contribution >= 4 is 39.6 Å². The lowest BCUT2D eigenvalue weighted by Crippen LogP contribution is -2.37. The first-order chi connectivity index (χ1) is 13.7. The lowest BCUT2D eigenvalue weighted by Gasteiger charge is -2.13. The van der Waals surface area contributed by atoms with Gasteiger partial charge in [-0.3, -0.25) is 23.5 Å². The maximum absolute atomic E-state index is 12.7. The molecule has 10 heteroatoms. The minimum Gasteiger partial charge on any atom is -0.339 e. The Morgan fingerprint density at radius 3 is 2.41 bits per heavy atom. The van der Waals surface area contributed by atoms with Gasteiger partial charge in [0, 0.05) is 33.1 Å². The van der Waals surface area contributed by atoms with E-state index in [0.29, 0.717) is 10.6 Å². The van der Waals surface area contributed by atoms with Crippen molar-refractivity contribution in [2.75, 3.05) is 19.4 Å². The van der Waals surface area contributed by atoms with Crippen LogP contribution >= 0.6 is 11.8 Å². The number of nitrogens with one attached hydrogen (secondary N) is 1. The summed E-state index contributed by atoms with van der Waals surface area (Å²) in [4.78, 5) is 55.3. The molecule has 0 aliphatic heterocycles. The van der Waals surface area contributed by atoms with Gasteiger partial charge in [0.15, 0.2) is 0 Å². The number of hydrogen-bond acceptors (Lipinski definition) is 6. The van der Waals surface area contributed by atoms with Crippen LogP contribution in [-0.2, 0) is 14.1 Å². The number of benzene rings is 1. The van der Waals surface area contributed by atoms with Crippen LogP contribution < -0.4 is 16.6 Å². The minimum absolute atomic E-state index is 0.0412. The highest BCUT2D eigenvalue weighted by molar-refractivity contribution is 8.13.